The highest BCUT2D eigenvalue weighted by Crippen LogP contribution is 2.39. The molecule has 2 heteroatoms. The van der Waals surface area contributed by atoms with Gasteiger partial charge in [-0.25, -0.2) is 0 Å². The molecule has 0 aromatic heterocycles. The summed E-state index contributed by atoms with van der Waals surface area (Å²) >= 11 is 0. The number of nitrogens with zero attached hydrogens (tertiary/aromatic N) is 1. The monoisotopic (exact) mass is 153 g/mol. The van der Waals surface area contributed by atoms with Crippen LogP contribution in [0.2, 0.25) is 0 Å². The molecule has 1 aliphatic rings. The van der Waals surface area contributed by atoms with Gasteiger partial charge < -0.3 is 4.74 Å². The number of rotatable bonds is 4. The van der Waals surface area contributed by atoms with Gasteiger partial charge in [0, 0.05) is 0 Å². The maximum atomic E-state index is 8.52. The first kappa shape index (κ1) is 8.55. The van der Waals surface area contributed by atoms with Gasteiger partial charge in [0.1, 0.15) is 5.60 Å². The number of ether oxygens (including phenoxy) is 1. The molecule has 0 amide bonds. The molecular weight excluding hydrogens is 138 g/mol. The lowest BCUT2D eigenvalue weighted by molar-refractivity contribution is 0.297. The van der Waals surface area contributed by atoms with Crippen LogP contribution in [-0.2, 0) is 4.74 Å². The molecule has 1 aliphatic heterocycles. The van der Waals surface area contributed by atoms with Gasteiger partial charge in [-0.1, -0.05) is 26.2 Å². The van der Waals surface area contributed by atoms with Crippen molar-refractivity contribution < 1.29 is 4.74 Å². The predicted molar refractivity (Wildman–Crippen MR) is 43.0 cm³/mol. The van der Waals surface area contributed by atoms with E-state index in [9.17, 15) is 0 Å². The molecule has 1 heterocycles. The first-order valence-electron chi connectivity index (χ1n) is 4.30. The summed E-state index contributed by atoms with van der Waals surface area (Å²) in [7, 11) is 0. The maximum absolute atomic E-state index is 8.52. The average molecular weight is 153 g/mol. The van der Waals surface area contributed by atoms with E-state index >= 15 is 0 Å². The summed E-state index contributed by atoms with van der Waals surface area (Å²) < 4.78 is 5.24. The fourth-order valence-corrected chi connectivity index (χ4v) is 1.31. The minimum atomic E-state index is -0.126. The zero-order valence-corrected chi connectivity index (χ0v) is 7.26. The molecule has 0 spiro atoms. The molecule has 0 saturated carbocycles. The molecule has 0 radical (unpaired) electrons. The third-order valence-electron chi connectivity index (χ3n) is 2.28. The molecule has 1 fully saturated rings. The first-order valence-corrected chi connectivity index (χ1v) is 4.30. The van der Waals surface area contributed by atoms with E-state index in [1.165, 1.54) is 19.3 Å². The second-order valence-electron chi connectivity index (χ2n) is 3.40. The summed E-state index contributed by atoms with van der Waals surface area (Å²) in [6.07, 6.45) is 4.58. The molecule has 0 aromatic rings. The lowest BCUT2D eigenvalue weighted by Crippen LogP contribution is -2.07. The average Bonchev–Trinajstić information content (AvgIpc) is 2.63. The third kappa shape index (κ3) is 1.94. The highest BCUT2D eigenvalue weighted by molar-refractivity contribution is 5.11. The van der Waals surface area contributed by atoms with Crippen molar-refractivity contribution in [1.29, 1.82) is 5.26 Å². The van der Waals surface area contributed by atoms with Gasteiger partial charge in [-0.15, -0.1) is 0 Å². The number of epoxide rings is 1. The van der Waals surface area contributed by atoms with Crippen molar-refractivity contribution in [2.75, 3.05) is 0 Å². The molecule has 1 saturated heterocycles. The molecule has 62 valence electrons. The van der Waals surface area contributed by atoms with E-state index in [0.29, 0.717) is 0 Å². The topological polar surface area (TPSA) is 36.3 Å². The van der Waals surface area contributed by atoms with E-state index in [4.69, 9.17) is 10.00 Å². The van der Waals surface area contributed by atoms with Gasteiger partial charge in [0.25, 0.3) is 0 Å². The highest BCUT2D eigenvalue weighted by Gasteiger charge is 2.51. The van der Waals surface area contributed by atoms with E-state index in [1.807, 2.05) is 6.92 Å². The van der Waals surface area contributed by atoms with Gasteiger partial charge in [0.15, 0.2) is 6.10 Å². The Morgan fingerprint density at radius 3 is 2.73 bits per heavy atom. The van der Waals surface area contributed by atoms with Gasteiger partial charge in [-0.3, -0.25) is 0 Å². The molecule has 0 unspecified atom stereocenters. The van der Waals surface area contributed by atoms with E-state index in [2.05, 4.69) is 13.0 Å². The number of nitriles is 1. The molecule has 0 aliphatic carbocycles. The molecule has 1 rings (SSSR count). The molecular formula is C9H15NO. The quantitative estimate of drug-likeness (QED) is 0.458. The predicted octanol–water partition coefficient (Wildman–Crippen LogP) is 2.25. The summed E-state index contributed by atoms with van der Waals surface area (Å²) in [5.41, 5.74) is -0.0933. The van der Waals surface area contributed by atoms with Crippen molar-refractivity contribution in [3.63, 3.8) is 0 Å². The van der Waals surface area contributed by atoms with Gasteiger partial charge in [-0.05, 0) is 13.3 Å². The van der Waals surface area contributed by atoms with Crippen molar-refractivity contribution in [2.45, 2.75) is 51.2 Å². The maximum Gasteiger partial charge on any atom is 0.173 e. The normalized spacial score (nSPS) is 34.8. The van der Waals surface area contributed by atoms with Crippen LogP contribution in [0.25, 0.3) is 0 Å². The van der Waals surface area contributed by atoms with Crippen LogP contribution in [0.1, 0.15) is 39.5 Å². The third-order valence-corrected chi connectivity index (χ3v) is 2.28. The lowest BCUT2D eigenvalue weighted by Gasteiger charge is -2.02. The van der Waals surface area contributed by atoms with Crippen LogP contribution in [0.4, 0.5) is 0 Å². The summed E-state index contributed by atoms with van der Waals surface area (Å²) in [4.78, 5) is 0. The smallest absolute Gasteiger partial charge is 0.173 e. The van der Waals surface area contributed by atoms with Gasteiger partial charge in [-0.2, -0.15) is 5.26 Å². The summed E-state index contributed by atoms with van der Waals surface area (Å²) in [6, 6.07) is 2.13. The first-order chi connectivity index (χ1) is 5.23. The van der Waals surface area contributed by atoms with Crippen LogP contribution in [0.15, 0.2) is 0 Å². The Labute approximate surface area is 68.2 Å². The van der Waals surface area contributed by atoms with Crippen molar-refractivity contribution in [2.24, 2.45) is 0 Å². The van der Waals surface area contributed by atoms with Gasteiger partial charge in [0.2, 0.25) is 0 Å². The molecule has 2 nitrogen and oxygen atoms in total. The van der Waals surface area contributed by atoms with E-state index < -0.39 is 0 Å². The van der Waals surface area contributed by atoms with Crippen LogP contribution in [0, 0.1) is 11.3 Å². The van der Waals surface area contributed by atoms with Crippen molar-refractivity contribution in [1.82, 2.24) is 0 Å². The Kier molecular flexibility index (Phi) is 2.51. The Bertz CT molecular complexity index is 173. The Hall–Kier alpha value is -0.550. The van der Waals surface area contributed by atoms with Gasteiger partial charge >= 0.3 is 0 Å². The minimum Gasteiger partial charge on any atom is -0.350 e. The second-order valence-corrected chi connectivity index (χ2v) is 3.40. The zero-order chi connectivity index (χ0) is 8.32. The fourth-order valence-electron chi connectivity index (χ4n) is 1.31. The van der Waals surface area contributed by atoms with E-state index in [1.54, 1.807) is 0 Å². The fraction of sp³-hybridized carbons (Fsp3) is 0.889. The van der Waals surface area contributed by atoms with Crippen molar-refractivity contribution >= 4 is 0 Å². The zero-order valence-electron chi connectivity index (χ0n) is 7.26. The lowest BCUT2D eigenvalue weighted by atomic mass is 10.0. The summed E-state index contributed by atoms with van der Waals surface area (Å²) in [6.45, 7) is 4.20. The molecule has 2 atom stereocenters. The van der Waals surface area contributed by atoms with Crippen LogP contribution in [0.3, 0.4) is 0 Å². The number of unbranched alkanes of at least 4 members (excludes halogenated alkanes) is 2. The van der Waals surface area contributed by atoms with E-state index in [0.717, 1.165) is 6.42 Å². The van der Waals surface area contributed by atoms with E-state index in [-0.39, 0.29) is 11.7 Å². The standard InChI is InChI=1S/C9H15NO/c1-3-4-5-6-9(2)8(7-10)11-9/h8H,3-6H2,1-2H3/t8-,9-/m1/s1. The second kappa shape index (κ2) is 3.23. The Morgan fingerprint density at radius 2 is 2.27 bits per heavy atom. The minimum absolute atomic E-state index is 0.0933. The molecule has 11 heavy (non-hydrogen) atoms. The number of hydrogen-bond donors (Lipinski definition) is 0. The Balaban J connectivity index is 2.14. The molecule has 0 N–H and O–H groups in total. The molecule has 0 aromatic carbocycles. The summed E-state index contributed by atoms with van der Waals surface area (Å²) in [5.74, 6) is 0. The van der Waals surface area contributed by atoms with Crippen LogP contribution >= 0.6 is 0 Å². The highest BCUT2D eigenvalue weighted by atomic mass is 16.6. The van der Waals surface area contributed by atoms with Crippen LogP contribution in [-0.4, -0.2) is 11.7 Å². The molecule has 0 bridgehead atoms. The number of hydrogen-bond acceptors (Lipinski definition) is 2. The van der Waals surface area contributed by atoms with Crippen LogP contribution < -0.4 is 0 Å². The SMILES string of the molecule is CCCCC[C@@]1(C)O[C@@H]1C#N. The van der Waals surface area contributed by atoms with Crippen molar-refractivity contribution in [3.05, 3.63) is 0 Å². The van der Waals surface area contributed by atoms with Gasteiger partial charge in [0.05, 0.1) is 6.07 Å². The van der Waals surface area contributed by atoms with Crippen molar-refractivity contribution in [3.8, 4) is 6.07 Å². The Morgan fingerprint density at radius 1 is 1.55 bits per heavy atom. The summed E-state index contributed by atoms with van der Waals surface area (Å²) in [5, 5.41) is 8.52. The largest absolute Gasteiger partial charge is 0.350 e. The van der Waals surface area contributed by atoms with Crippen LogP contribution in [0.5, 0.6) is 0 Å².